The van der Waals surface area contributed by atoms with Crippen molar-refractivity contribution in [3.63, 3.8) is 0 Å². The lowest BCUT2D eigenvalue weighted by Crippen LogP contribution is -2.35. The van der Waals surface area contributed by atoms with E-state index in [0.717, 1.165) is 38.9 Å². The minimum Gasteiger partial charge on any atom is -0.381 e. The summed E-state index contributed by atoms with van der Waals surface area (Å²) in [6, 6.07) is 0. The van der Waals surface area contributed by atoms with Gasteiger partial charge < -0.3 is 15.8 Å². The highest BCUT2D eigenvalue weighted by Crippen LogP contribution is 2.03. The Bertz CT molecular complexity index is 174. The van der Waals surface area contributed by atoms with Crippen LogP contribution in [0.2, 0.25) is 0 Å². The van der Waals surface area contributed by atoms with Gasteiger partial charge in [0.1, 0.15) is 0 Å². The van der Waals surface area contributed by atoms with Gasteiger partial charge in [-0.05, 0) is 19.3 Å². The molecular formula is C12H26N2O2. The molecule has 0 bridgehead atoms. The zero-order valence-electron chi connectivity index (χ0n) is 10.6. The molecule has 0 fully saturated rings. The van der Waals surface area contributed by atoms with E-state index in [1.807, 2.05) is 0 Å². The third-order valence-electron chi connectivity index (χ3n) is 2.41. The van der Waals surface area contributed by atoms with Crippen LogP contribution in [0.1, 0.15) is 39.5 Å². The average Bonchev–Trinajstić information content (AvgIpc) is 2.30. The van der Waals surface area contributed by atoms with Crippen LogP contribution in [-0.4, -0.2) is 32.2 Å². The number of nitrogens with one attached hydrogen (secondary N) is 1. The van der Waals surface area contributed by atoms with Crippen LogP contribution in [0.4, 0.5) is 0 Å². The SMILES string of the molecule is CCCOCCCNC(=O)C(CN)CCC. The largest absolute Gasteiger partial charge is 0.381 e. The molecule has 0 heterocycles. The molecule has 0 aromatic carbocycles. The van der Waals surface area contributed by atoms with Crippen LogP contribution in [0.15, 0.2) is 0 Å². The standard InChI is InChI=1S/C12H26N2O2/c1-3-6-11(10-13)12(15)14-7-5-9-16-8-4-2/h11H,3-10,13H2,1-2H3,(H,14,15). The van der Waals surface area contributed by atoms with Crippen LogP contribution in [0.25, 0.3) is 0 Å². The highest BCUT2D eigenvalue weighted by Gasteiger charge is 2.14. The van der Waals surface area contributed by atoms with E-state index in [4.69, 9.17) is 10.5 Å². The Balaban J connectivity index is 3.47. The summed E-state index contributed by atoms with van der Waals surface area (Å²) in [4.78, 5) is 11.6. The summed E-state index contributed by atoms with van der Waals surface area (Å²) in [6.07, 6.45) is 3.77. The lowest BCUT2D eigenvalue weighted by molar-refractivity contribution is -0.124. The number of hydrogen-bond acceptors (Lipinski definition) is 3. The number of carbonyl (C=O) groups is 1. The van der Waals surface area contributed by atoms with Crippen LogP contribution >= 0.6 is 0 Å². The number of amides is 1. The molecule has 0 aromatic heterocycles. The molecule has 0 aliphatic carbocycles. The molecule has 0 aliphatic rings. The first-order valence-corrected chi connectivity index (χ1v) is 6.31. The summed E-state index contributed by atoms with van der Waals surface area (Å²) in [5, 5.41) is 2.90. The van der Waals surface area contributed by atoms with Crippen LogP contribution < -0.4 is 11.1 Å². The second-order valence-electron chi connectivity index (χ2n) is 3.98. The van der Waals surface area contributed by atoms with Gasteiger partial charge in [0.15, 0.2) is 0 Å². The fraction of sp³-hybridized carbons (Fsp3) is 0.917. The normalized spacial score (nSPS) is 12.4. The van der Waals surface area contributed by atoms with Gasteiger partial charge in [0.25, 0.3) is 0 Å². The Labute approximate surface area is 98.9 Å². The van der Waals surface area contributed by atoms with E-state index < -0.39 is 0 Å². The van der Waals surface area contributed by atoms with Gasteiger partial charge >= 0.3 is 0 Å². The van der Waals surface area contributed by atoms with Gasteiger partial charge in [-0.2, -0.15) is 0 Å². The number of rotatable bonds is 10. The monoisotopic (exact) mass is 230 g/mol. The molecule has 0 saturated heterocycles. The lowest BCUT2D eigenvalue weighted by Gasteiger charge is -2.13. The number of ether oxygens (including phenoxy) is 1. The molecule has 3 N–H and O–H groups in total. The van der Waals surface area contributed by atoms with Crippen molar-refractivity contribution < 1.29 is 9.53 Å². The minimum absolute atomic E-state index is 0.0263. The third-order valence-corrected chi connectivity index (χ3v) is 2.41. The van der Waals surface area contributed by atoms with Crippen molar-refractivity contribution in [2.24, 2.45) is 11.7 Å². The van der Waals surface area contributed by atoms with Gasteiger partial charge in [-0.3, -0.25) is 4.79 Å². The van der Waals surface area contributed by atoms with Crippen molar-refractivity contribution in [1.82, 2.24) is 5.32 Å². The van der Waals surface area contributed by atoms with Crippen LogP contribution in [0.5, 0.6) is 0 Å². The molecule has 1 atom stereocenters. The fourth-order valence-corrected chi connectivity index (χ4v) is 1.48. The minimum atomic E-state index is -0.0263. The topological polar surface area (TPSA) is 64.3 Å². The number of nitrogens with two attached hydrogens (primary N) is 1. The van der Waals surface area contributed by atoms with Gasteiger partial charge in [0, 0.05) is 26.3 Å². The van der Waals surface area contributed by atoms with Gasteiger partial charge in [-0.25, -0.2) is 0 Å². The van der Waals surface area contributed by atoms with Crippen molar-refractivity contribution in [3.05, 3.63) is 0 Å². The Hall–Kier alpha value is -0.610. The third kappa shape index (κ3) is 7.65. The molecule has 0 saturated carbocycles. The van der Waals surface area contributed by atoms with Crippen LogP contribution in [-0.2, 0) is 9.53 Å². The molecule has 16 heavy (non-hydrogen) atoms. The molecular weight excluding hydrogens is 204 g/mol. The predicted molar refractivity (Wildman–Crippen MR) is 66.2 cm³/mol. The quantitative estimate of drug-likeness (QED) is 0.556. The predicted octanol–water partition coefficient (Wildman–Crippen LogP) is 1.29. The Kier molecular flexibility index (Phi) is 10.5. The second-order valence-corrected chi connectivity index (χ2v) is 3.98. The van der Waals surface area contributed by atoms with Crippen molar-refractivity contribution >= 4 is 5.91 Å². The molecule has 96 valence electrons. The number of carbonyl (C=O) groups excluding carboxylic acids is 1. The summed E-state index contributed by atoms with van der Waals surface area (Å²) in [7, 11) is 0. The molecule has 0 spiro atoms. The molecule has 1 unspecified atom stereocenters. The Morgan fingerprint density at radius 3 is 2.62 bits per heavy atom. The van der Waals surface area contributed by atoms with E-state index in [1.165, 1.54) is 0 Å². The highest BCUT2D eigenvalue weighted by atomic mass is 16.5. The highest BCUT2D eigenvalue weighted by molar-refractivity contribution is 5.78. The molecule has 0 rings (SSSR count). The van der Waals surface area contributed by atoms with E-state index in [2.05, 4.69) is 19.2 Å². The first-order valence-electron chi connectivity index (χ1n) is 6.31. The van der Waals surface area contributed by atoms with Gasteiger partial charge in [0.2, 0.25) is 5.91 Å². The molecule has 4 heteroatoms. The molecule has 1 amide bonds. The van der Waals surface area contributed by atoms with Gasteiger partial charge in [-0.15, -0.1) is 0 Å². The Morgan fingerprint density at radius 1 is 1.31 bits per heavy atom. The first kappa shape index (κ1) is 15.4. The van der Waals surface area contributed by atoms with Gasteiger partial charge in [0.05, 0.1) is 5.92 Å². The smallest absolute Gasteiger partial charge is 0.224 e. The van der Waals surface area contributed by atoms with Crippen molar-refractivity contribution in [1.29, 1.82) is 0 Å². The number of hydrogen-bond donors (Lipinski definition) is 2. The van der Waals surface area contributed by atoms with E-state index in [0.29, 0.717) is 13.1 Å². The summed E-state index contributed by atoms with van der Waals surface area (Å²) >= 11 is 0. The summed E-state index contributed by atoms with van der Waals surface area (Å²) in [5.74, 6) is 0.0569. The van der Waals surface area contributed by atoms with Crippen molar-refractivity contribution in [2.75, 3.05) is 26.3 Å². The first-order chi connectivity index (χ1) is 7.76. The average molecular weight is 230 g/mol. The van der Waals surface area contributed by atoms with E-state index >= 15 is 0 Å². The summed E-state index contributed by atoms with van der Waals surface area (Å²) < 4.78 is 5.32. The van der Waals surface area contributed by atoms with Crippen molar-refractivity contribution in [2.45, 2.75) is 39.5 Å². The second kappa shape index (κ2) is 10.9. The van der Waals surface area contributed by atoms with E-state index in [1.54, 1.807) is 0 Å². The zero-order valence-corrected chi connectivity index (χ0v) is 10.6. The maximum Gasteiger partial charge on any atom is 0.224 e. The molecule has 4 nitrogen and oxygen atoms in total. The maximum absolute atomic E-state index is 11.6. The maximum atomic E-state index is 11.6. The Morgan fingerprint density at radius 2 is 2.06 bits per heavy atom. The van der Waals surface area contributed by atoms with Crippen LogP contribution in [0.3, 0.4) is 0 Å². The zero-order chi connectivity index (χ0) is 12.2. The summed E-state index contributed by atoms with van der Waals surface area (Å²) in [6.45, 7) is 6.78. The summed E-state index contributed by atoms with van der Waals surface area (Å²) in [5.41, 5.74) is 5.54. The molecule has 0 aromatic rings. The van der Waals surface area contributed by atoms with Crippen LogP contribution in [0, 0.1) is 5.92 Å². The van der Waals surface area contributed by atoms with Gasteiger partial charge in [-0.1, -0.05) is 20.3 Å². The fourth-order valence-electron chi connectivity index (χ4n) is 1.48. The van der Waals surface area contributed by atoms with E-state index in [-0.39, 0.29) is 11.8 Å². The van der Waals surface area contributed by atoms with E-state index in [9.17, 15) is 4.79 Å². The molecule has 0 radical (unpaired) electrons. The molecule has 0 aliphatic heterocycles. The van der Waals surface area contributed by atoms with Crippen molar-refractivity contribution in [3.8, 4) is 0 Å². The lowest BCUT2D eigenvalue weighted by atomic mass is 10.0.